The van der Waals surface area contributed by atoms with Gasteiger partial charge in [0.2, 0.25) is 5.95 Å². The molecule has 1 aliphatic rings. The summed E-state index contributed by atoms with van der Waals surface area (Å²) in [6, 6.07) is 19.0. The fraction of sp³-hybridized carbons (Fsp3) is 0.150. The van der Waals surface area contributed by atoms with Crippen LogP contribution in [-0.2, 0) is 4.79 Å². The standard InChI is InChI=1S/C20H17N5O2/c1-27-14-9-7-12(8-10-14)16-15(11-21)19(26)24-25-18(16)17(23-20(25)22)13-5-3-2-4-6-13/h2-10,15-16H,1H3,(H2,22,23)(H,24,26). The van der Waals surface area contributed by atoms with Crippen LogP contribution in [-0.4, -0.2) is 22.7 Å². The van der Waals surface area contributed by atoms with Crippen LogP contribution in [0.15, 0.2) is 54.6 Å². The van der Waals surface area contributed by atoms with Crippen molar-refractivity contribution in [1.82, 2.24) is 9.66 Å². The third-order valence-electron chi connectivity index (χ3n) is 4.73. The third kappa shape index (κ3) is 2.68. The number of nitrogens with two attached hydrogens (primary N) is 1. The Hall–Kier alpha value is -3.79. The molecule has 2 unspecified atom stereocenters. The molecule has 0 fully saturated rings. The van der Waals surface area contributed by atoms with E-state index in [1.54, 1.807) is 7.11 Å². The van der Waals surface area contributed by atoms with Gasteiger partial charge in [-0.15, -0.1) is 0 Å². The highest BCUT2D eigenvalue weighted by molar-refractivity contribution is 5.92. The van der Waals surface area contributed by atoms with Crippen LogP contribution >= 0.6 is 0 Å². The molecule has 2 heterocycles. The number of nitrogens with one attached hydrogen (secondary N) is 1. The van der Waals surface area contributed by atoms with E-state index in [0.717, 1.165) is 11.1 Å². The molecule has 0 spiro atoms. The molecular weight excluding hydrogens is 342 g/mol. The zero-order valence-corrected chi connectivity index (χ0v) is 14.6. The maximum atomic E-state index is 12.5. The maximum Gasteiger partial charge on any atom is 0.257 e. The van der Waals surface area contributed by atoms with Crippen LogP contribution in [0.4, 0.5) is 5.95 Å². The lowest BCUT2D eigenvalue weighted by molar-refractivity contribution is -0.120. The summed E-state index contributed by atoms with van der Waals surface area (Å²) in [5.41, 5.74) is 11.8. The van der Waals surface area contributed by atoms with E-state index in [4.69, 9.17) is 10.5 Å². The lowest BCUT2D eigenvalue weighted by atomic mass is 9.81. The van der Waals surface area contributed by atoms with Crippen molar-refractivity contribution in [3.8, 4) is 23.1 Å². The number of hydrogen-bond acceptors (Lipinski definition) is 5. The number of nitrogens with zero attached hydrogens (tertiary/aromatic N) is 3. The van der Waals surface area contributed by atoms with Gasteiger partial charge in [-0.2, -0.15) is 5.26 Å². The fourth-order valence-electron chi connectivity index (χ4n) is 3.45. The second-order valence-electron chi connectivity index (χ2n) is 6.24. The summed E-state index contributed by atoms with van der Waals surface area (Å²) in [6.45, 7) is 0. The van der Waals surface area contributed by atoms with Gasteiger partial charge in [-0.3, -0.25) is 10.2 Å². The van der Waals surface area contributed by atoms with Gasteiger partial charge >= 0.3 is 0 Å². The number of aromatic nitrogens is 2. The monoisotopic (exact) mass is 359 g/mol. The molecular formula is C20H17N5O2. The molecule has 3 N–H and O–H groups in total. The number of rotatable bonds is 3. The lowest BCUT2D eigenvalue weighted by Gasteiger charge is -2.29. The topological polar surface area (TPSA) is 106 Å². The second kappa shape index (κ2) is 6.50. The summed E-state index contributed by atoms with van der Waals surface area (Å²) < 4.78 is 6.70. The van der Waals surface area contributed by atoms with Crippen molar-refractivity contribution in [2.24, 2.45) is 5.92 Å². The summed E-state index contributed by atoms with van der Waals surface area (Å²) in [4.78, 5) is 17.0. The maximum absolute atomic E-state index is 12.5. The van der Waals surface area contributed by atoms with Crippen molar-refractivity contribution in [3.05, 3.63) is 65.9 Å². The van der Waals surface area contributed by atoms with E-state index in [-0.39, 0.29) is 5.95 Å². The molecule has 0 bridgehead atoms. The first-order chi connectivity index (χ1) is 13.1. The van der Waals surface area contributed by atoms with Gasteiger partial charge in [0.15, 0.2) is 0 Å². The molecule has 1 aliphatic heterocycles. The Morgan fingerprint density at radius 2 is 1.89 bits per heavy atom. The molecule has 4 rings (SSSR count). The molecule has 1 amide bonds. The number of ether oxygens (including phenoxy) is 1. The quantitative estimate of drug-likeness (QED) is 0.747. The smallest absolute Gasteiger partial charge is 0.257 e. The van der Waals surface area contributed by atoms with E-state index in [1.165, 1.54) is 4.68 Å². The van der Waals surface area contributed by atoms with Gasteiger partial charge in [-0.25, -0.2) is 9.66 Å². The van der Waals surface area contributed by atoms with Gasteiger partial charge in [-0.1, -0.05) is 42.5 Å². The van der Waals surface area contributed by atoms with Gasteiger partial charge in [0, 0.05) is 5.56 Å². The summed E-state index contributed by atoms with van der Waals surface area (Å²) in [7, 11) is 1.59. The average Bonchev–Trinajstić information content (AvgIpc) is 3.04. The highest BCUT2D eigenvalue weighted by Gasteiger charge is 2.41. The molecule has 7 nitrogen and oxygen atoms in total. The molecule has 0 saturated heterocycles. The Kier molecular flexibility index (Phi) is 4.01. The van der Waals surface area contributed by atoms with Gasteiger partial charge in [0.1, 0.15) is 11.7 Å². The van der Waals surface area contributed by atoms with E-state index in [0.29, 0.717) is 17.1 Å². The Morgan fingerprint density at radius 1 is 1.19 bits per heavy atom. The Balaban J connectivity index is 1.95. The first-order valence-corrected chi connectivity index (χ1v) is 8.42. The molecule has 3 aromatic rings. The molecule has 0 saturated carbocycles. The Labute approximate surface area is 156 Å². The Morgan fingerprint density at radius 3 is 2.52 bits per heavy atom. The molecule has 7 heteroatoms. The number of nitrogen functional groups attached to an aromatic ring is 1. The van der Waals surface area contributed by atoms with Crippen LogP contribution in [0, 0.1) is 17.2 Å². The largest absolute Gasteiger partial charge is 0.497 e. The number of carbonyl (C=O) groups is 1. The minimum Gasteiger partial charge on any atom is -0.497 e. The molecule has 0 aliphatic carbocycles. The van der Waals surface area contributed by atoms with Crippen LogP contribution in [0.2, 0.25) is 0 Å². The summed E-state index contributed by atoms with van der Waals surface area (Å²) in [5.74, 6) is -0.940. The van der Waals surface area contributed by atoms with Crippen LogP contribution in [0.5, 0.6) is 5.75 Å². The molecule has 0 radical (unpaired) electrons. The van der Waals surface area contributed by atoms with Gasteiger partial charge in [0.25, 0.3) is 5.91 Å². The minimum absolute atomic E-state index is 0.173. The number of nitriles is 1. The molecule has 1 aromatic heterocycles. The van der Waals surface area contributed by atoms with Crippen LogP contribution in [0.1, 0.15) is 17.2 Å². The molecule has 27 heavy (non-hydrogen) atoms. The minimum atomic E-state index is -0.899. The number of benzene rings is 2. The highest BCUT2D eigenvalue weighted by atomic mass is 16.5. The van der Waals surface area contributed by atoms with Gasteiger partial charge in [-0.05, 0) is 17.7 Å². The lowest BCUT2D eigenvalue weighted by Crippen LogP contribution is -2.40. The summed E-state index contributed by atoms with van der Waals surface area (Å²) >= 11 is 0. The van der Waals surface area contributed by atoms with E-state index in [9.17, 15) is 10.1 Å². The van der Waals surface area contributed by atoms with Crippen molar-refractivity contribution in [2.45, 2.75) is 5.92 Å². The number of carbonyl (C=O) groups excluding carboxylic acids is 1. The number of methoxy groups -OCH3 is 1. The number of anilines is 1. The van der Waals surface area contributed by atoms with Gasteiger partial charge < -0.3 is 10.5 Å². The highest BCUT2D eigenvalue weighted by Crippen LogP contribution is 2.41. The molecule has 2 atom stereocenters. The van der Waals surface area contributed by atoms with E-state index >= 15 is 0 Å². The number of fused-ring (bicyclic) bond motifs is 1. The third-order valence-corrected chi connectivity index (χ3v) is 4.73. The van der Waals surface area contributed by atoms with E-state index in [2.05, 4.69) is 16.5 Å². The Bertz CT molecular complexity index is 1030. The zero-order valence-electron chi connectivity index (χ0n) is 14.6. The fourth-order valence-corrected chi connectivity index (χ4v) is 3.45. The van der Waals surface area contributed by atoms with Crippen LogP contribution in [0.25, 0.3) is 11.3 Å². The van der Waals surface area contributed by atoms with Crippen LogP contribution < -0.4 is 15.9 Å². The molecule has 134 valence electrons. The number of hydrogen-bond donors (Lipinski definition) is 2. The van der Waals surface area contributed by atoms with Crippen molar-refractivity contribution >= 4 is 11.9 Å². The summed E-state index contributed by atoms with van der Waals surface area (Å²) in [5, 5.41) is 9.69. The normalized spacial score (nSPS) is 18.3. The van der Waals surface area contributed by atoms with Gasteiger partial charge in [0.05, 0.1) is 30.5 Å². The molecule has 2 aromatic carbocycles. The van der Waals surface area contributed by atoms with Crippen molar-refractivity contribution in [2.75, 3.05) is 18.3 Å². The first kappa shape index (κ1) is 16.7. The van der Waals surface area contributed by atoms with E-state index < -0.39 is 17.7 Å². The van der Waals surface area contributed by atoms with Crippen molar-refractivity contribution < 1.29 is 9.53 Å². The zero-order chi connectivity index (χ0) is 19.0. The average molecular weight is 359 g/mol. The van der Waals surface area contributed by atoms with Crippen molar-refractivity contribution in [3.63, 3.8) is 0 Å². The van der Waals surface area contributed by atoms with Crippen LogP contribution in [0.3, 0.4) is 0 Å². The number of amides is 1. The SMILES string of the molecule is COc1ccc(C2c3c(-c4ccccc4)nc(N)n3NC(=O)C2C#N)cc1. The van der Waals surface area contributed by atoms with Crippen molar-refractivity contribution in [1.29, 1.82) is 5.26 Å². The number of imidazole rings is 1. The predicted molar refractivity (Wildman–Crippen MR) is 100 cm³/mol. The second-order valence-corrected chi connectivity index (χ2v) is 6.24. The van der Waals surface area contributed by atoms with E-state index in [1.807, 2.05) is 54.6 Å². The summed E-state index contributed by atoms with van der Waals surface area (Å²) in [6.07, 6.45) is 0. The first-order valence-electron chi connectivity index (χ1n) is 8.42. The predicted octanol–water partition coefficient (Wildman–Crippen LogP) is 2.50.